The molecule has 2 amide bonds. The van der Waals surface area contributed by atoms with E-state index in [0.717, 1.165) is 29.3 Å². The van der Waals surface area contributed by atoms with E-state index in [2.05, 4.69) is 21.2 Å². The molecule has 6 nitrogen and oxygen atoms in total. The molecule has 1 aromatic rings. The number of rotatable bonds is 5. The Morgan fingerprint density at radius 3 is 2.74 bits per heavy atom. The molecule has 0 spiro atoms. The van der Waals surface area contributed by atoms with Crippen LogP contribution in [0.4, 0.5) is 4.79 Å². The van der Waals surface area contributed by atoms with Crippen LogP contribution in [-0.4, -0.2) is 46.8 Å². The SMILES string of the molecule is CC(=O)NC[C@H](O)CN(C(=O)OC(C)(C)C)[C@H]1CCCc2c(Br)cccc21. The fraction of sp³-hybridized carbons (Fsp3) is 0.600. The first-order chi connectivity index (χ1) is 12.6. The molecule has 0 aromatic heterocycles. The van der Waals surface area contributed by atoms with Crippen molar-refractivity contribution in [3.05, 3.63) is 33.8 Å². The number of benzene rings is 1. The van der Waals surface area contributed by atoms with Crippen molar-refractivity contribution in [2.75, 3.05) is 13.1 Å². The summed E-state index contributed by atoms with van der Waals surface area (Å²) in [6.07, 6.45) is 1.36. The molecule has 1 aliphatic carbocycles. The van der Waals surface area contributed by atoms with Crippen LogP contribution >= 0.6 is 15.9 Å². The van der Waals surface area contributed by atoms with Crippen molar-refractivity contribution in [2.45, 2.75) is 64.7 Å². The van der Waals surface area contributed by atoms with Crippen molar-refractivity contribution in [3.63, 3.8) is 0 Å². The number of ether oxygens (including phenoxy) is 1. The molecule has 0 bridgehead atoms. The Morgan fingerprint density at radius 2 is 2.11 bits per heavy atom. The normalized spacial score (nSPS) is 17.6. The topological polar surface area (TPSA) is 78.9 Å². The highest BCUT2D eigenvalue weighted by atomic mass is 79.9. The first-order valence-corrected chi connectivity index (χ1v) is 10.1. The Bertz CT molecular complexity index is 687. The number of aliphatic hydroxyl groups is 1. The van der Waals surface area contributed by atoms with Crippen LogP contribution in [-0.2, 0) is 16.0 Å². The minimum Gasteiger partial charge on any atom is -0.444 e. The maximum Gasteiger partial charge on any atom is 0.410 e. The molecule has 2 atom stereocenters. The third kappa shape index (κ3) is 6.21. The van der Waals surface area contributed by atoms with Gasteiger partial charge in [0, 0.05) is 17.9 Å². The number of aliphatic hydroxyl groups excluding tert-OH is 1. The lowest BCUT2D eigenvalue weighted by Gasteiger charge is -2.38. The third-order valence-electron chi connectivity index (χ3n) is 4.42. The maximum atomic E-state index is 12.9. The number of nitrogens with zero attached hydrogens (tertiary/aromatic N) is 1. The van der Waals surface area contributed by atoms with E-state index in [4.69, 9.17) is 4.74 Å². The number of nitrogens with one attached hydrogen (secondary N) is 1. The van der Waals surface area contributed by atoms with E-state index < -0.39 is 17.8 Å². The second kappa shape index (κ2) is 9.06. The Balaban J connectivity index is 2.28. The van der Waals surface area contributed by atoms with Crippen molar-refractivity contribution in [3.8, 4) is 0 Å². The highest BCUT2D eigenvalue weighted by Gasteiger charge is 2.34. The number of carbonyl (C=O) groups excluding carboxylic acids is 2. The Labute approximate surface area is 169 Å². The Morgan fingerprint density at radius 1 is 1.41 bits per heavy atom. The van der Waals surface area contributed by atoms with Crippen LogP contribution in [0.25, 0.3) is 0 Å². The molecule has 27 heavy (non-hydrogen) atoms. The summed E-state index contributed by atoms with van der Waals surface area (Å²) in [7, 11) is 0. The monoisotopic (exact) mass is 440 g/mol. The first-order valence-electron chi connectivity index (χ1n) is 9.28. The maximum absolute atomic E-state index is 12.9. The summed E-state index contributed by atoms with van der Waals surface area (Å²) in [4.78, 5) is 25.6. The van der Waals surface area contributed by atoms with Gasteiger partial charge >= 0.3 is 6.09 Å². The Hall–Kier alpha value is -1.60. The van der Waals surface area contributed by atoms with Crippen molar-refractivity contribution < 1.29 is 19.4 Å². The first kappa shape index (κ1) is 21.7. The van der Waals surface area contributed by atoms with Crippen molar-refractivity contribution in [1.29, 1.82) is 0 Å². The smallest absolute Gasteiger partial charge is 0.410 e. The highest BCUT2D eigenvalue weighted by molar-refractivity contribution is 9.10. The average molecular weight is 441 g/mol. The summed E-state index contributed by atoms with van der Waals surface area (Å²) >= 11 is 3.60. The minimum absolute atomic E-state index is 0.0891. The van der Waals surface area contributed by atoms with Gasteiger partial charge in [0.1, 0.15) is 5.60 Å². The van der Waals surface area contributed by atoms with Crippen LogP contribution in [0.1, 0.15) is 57.7 Å². The lowest BCUT2D eigenvalue weighted by molar-refractivity contribution is -0.119. The summed E-state index contributed by atoms with van der Waals surface area (Å²) in [5.41, 5.74) is 1.64. The molecule has 0 heterocycles. The second-order valence-electron chi connectivity index (χ2n) is 7.94. The van der Waals surface area contributed by atoms with Gasteiger partial charge in [-0.1, -0.05) is 28.1 Å². The standard InChI is InChI=1S/C20H29BrN2O4/c1-13(24)22-11-14(25)12-23(19(26)27-20(2,3)4)18-10-6-7-15-16(18)8-5-9-17(15)21/h5,8-9,14,18,25H,6-7,10-12H2,1-4H3,(H,22,24)/t14-,18-/m0/s1. The fourth-order valence-corrected chi connectivity index (χ4v) is 3.89. The number of amides is 2. The van der Waals surface area contributed by atoms with Gasteiger partial charge in [0.25, 0.3) is 0 Å². The lowest BCUT2D eigenvalue weighted by atomic mass is 9.86. The molecule has 0 aliphatic heterocycles. The Kier molecular flexibility index (Phi) is 7.28. The van der Waals surface area contributed by atoms with Crippen molar-refractivity contribution >= 4 is 27.9 Å². The third-order valence-corrected chi connectivity index (χ3v) is 5.16. The van der Waals surface area contributed by atoms with E-state index in [-0.39, 0.29) is 25.0 Å². The van der Waals surface area contributed by atoms with Gasteiger partial charge in [0.15, 0.2) is 0 Å². The molecule has 1 aliphatic rings. The number of hydrogen-bond donors (Lipinski definition) is 2. The van der Waals surface area contributed by atoms with Crippen LogP contribution in [0.3, 0.4) is 0 Å². The second-order valence-corrected chi connectivity index (χ2v) is 8.79. The van der Waals surface area contributed by atoms with E-state index in [9.17, 15) is 14.7 Å². The highest BCUT2D eigenvalue weighted by Crippen LogP contribution is 2.38. The van der Waals surface area contributed by atoms with Gasteiger partial charge in [-0.2, -0.15) is 0 Å². The minimum atomic E-state index is -0.876. The molecule has 2 rings (SSSR count). The zero-order valence-electron chi connectivity index (χ0n) is 16.4. The summed E-state index contributed by atoms with van der Waals surface area (Å²) in [6, 6.07) is 5.82. The molecule has 2 N–H and O–H groups in total. The molecule has 0 radical (unpaired) electrons. The lowest BCUT2D eigenvalue weighted by Crippen LogP contribution is -2.46. The molecular formula is C20H29BrN2O4. The van der Waals surface area contributed by atoms with Crippen LogP contribution in [0.2, 0.25) is 0 Å². The molecule has 1 aromatic carbocycles. The van der Waals surface area contributed by atoms with Gasteiger partial charge in [-0.3, -0.25) is 9.69 Å². The molecule has 0 saturated heterocycles. The number of carbonyl (C=O) groups is 2. The molecule has 0 saturated carbocycles. The summed E-state index contributed by atoms with van der Waals surface area (Å²) in [5.74, 6) is -0.218. The molecular weight excluding hydrogens is 412 g/mol. The van der Waals surface area contributed by atoms with Gasteiger partial charge in [0.05, 0.1) is 18.7 Å². The van der Waals surface area contributed by atoms with Crippen molar-refractivity contribution in [1.82, 2.24) is 10.2 Å². The van der Waals surface area contributed by atoms with E-state index in [1.165, 1.54) is 12.5 Å². The number of halogens is 1. The average Bonchev–Trinajstić information content (AvgIpc) is 2.56. The van der Waals surface area contributed by atoms with Crippen LogP contribution in [0.15, 0.2) is 22.7 Å². The summed E-state index contributed by atoms with van der Waals surface area (Å²) < 4.78 is 6.64. The molecule has 150 valence electrons. The van der Waals surface area contributed by atoms with Gasteiger partial charge in [-0.05, 0) is 57.2 Å². The van der Waals surface area contributed by atoms with E-state index in [0.29, 0.717) is 0 Å². The number of fused-ring (bicyclic) bond motifs is 1. The molecule has 0 unspecified atom stereocenters. The largest absolute Gasteiger partial charge is 0.444 e. The van der Waals surface area contributed by atoms with E-state index >= 15 is 0 Å². The van der Waals surface area contributed by atoms with Gasteiger partial charge in [-0.15, -0.1) is 0 Å². The quantitative estimate of drug-likeness (QED) is 0.733. The zero-order chi connectivity index (χ0) is 20.2. The van der Waals surface area contributed by atoms with Crippen LogP contribution in [0.5, 0.6) is 0 Å². The fourth-order valence-electron chi connectivity index (χ4n) is 3.31. The van der Waals surface area contributed by atoms with Crippen LogP contribution < -0.4 is 5.32 Å². The molecule has 0 fully saturated rings. The van der Waals surface area contributed by atoms with E-state index in [1.54, 1.807) is 4.90 Å². The number of hydrogen-bond acceptors (Lipinski definition) is 4. The van der Waals surface area contributed by atoms with Gasteiger partial charge < -0.3 is 15.2 Å². The van der Waals surface area contributed by atoms with Crippen LogP contribution in [0, 0.1) is 0 Å². The van der Waals surface area contributed by atoms with Crippen molar-refractivity contribution in [2.24, 2.45) is 0 Å². The van der Waals surface area contributed by atoms with Gasteiger partial charge in [0.2, 0.25) is 5.91 Å². The summed E-state index contributed by atoms with van der Waals surface area (Å²) in [6.45, 7) is 7.04. The zero-order valence-corrected chi connectivity index (χ0v) is 18.0. The van der Waals surface area contributed by atoms with Gasteiger partial charge in [-0.25, -0.2) is 4.79 Å². The predicted molar refractivity (Wildman–Crippen MR) is 107 cm³/mol. The van der Waals surface area contributed by atoms with E-state index in [1.807, 2.05) is 39.0 Å². The predicted octanol–water partition coefficient (Wildman–Crippen LogP) is 3.56. The summed E-state index contributed by atoms with van der Waals surface area (Å²) in [5, 5.41) is 13.0. The molecule has 7 heteroatoms.